The minimum Gasteiger partial charge on any atom is -0.480 e. The van der Waals surface area contributed by atoms with Crippen LogP contribution in [0.15, 0.2) is 24.3 Å². The van der Waals surface area contributed by atoms with Gasteiger partial charge < -0.3 is 15.5 Å². The van der Waals surface area contributed by atoms with Gasteiger partial charge in [-0.1, -0.05) is 0 Å². The Labute approximate surface area is 178 Å². The van der Waals surface area contributed by atoms with E-state index in [0.29, 0.717) is 19.3 Å². The largest absolute Gasteiger partial charge is 0.480 e. The summed E-state index contributed by atoms with van der Waals surface area (Å²) in [5, 5.41) is 22.3. The van der Waals surface area contributed by atoms with E-state index >= 15 is 0 Å². The molecule has 154 valence electrons. The maximum Gasteiger partial charge on any atom is 0.326 e. The Hall–Kier alpha value is -2.02. The summed E-state index contributed by atoms with van der Waals surface area (Å²) in [4.78, 5) is 45.1. The van der Waals surface area contributed by atoms with Crippen molar-refractivity contribution < 1.29 is 54.1 Å². The number of benzene rings is 1. The van der Waals surface area contributed by atoms with E-state index in [1.165, 1.54) is 8.83 Å². The van der Waals surface area contributed by atoms with Gasteiger partial charge >= 0.3 is 130 Å². The van der Waals surface area contributed by atoms with Crippen LogP contribution >= 0.6 is 0 Å². The van der Waals surface area contributed by atoms with Crippen molar-refractivity contribution in [2.24, 2.45) is 0 Å². The number of amides is 2. The molecule has 0 radical (unpaired) electrons. The van der Waals surface area contributed by atoms with Gasteiger partial charge in [0.05, 0.1) is 0 Å². The number of carboxylic acids is 2. The predicted octanol–water partition coefficient (Wildman–Crippen LogP) is 1.15. The van der Waals surface area contributed by atoms with Crippen molar-refractivity contribution in [3.05, 3.63) is 29.8 Å². The SMILES string of the molecule is O=C(O)CC[C@H](NC(=O)NCCCC(=O)CCCc1ccc([211At])cc1)C(=O)O. The molecule has 1 atom stereocenters. The molecule has 0 bridgehead atoms. The summed E-state index contributed by atoms with van der Waals surface area (Å²) in [6, 6.07) is 6.33. The van der Waals surface area contributed by atoms with Gasteiger partial charge in [0.25, 0.3) is 0 Å². The van der Waals surface area contributed by atoms with Crippen LogP contribution in [0.2, 0.25) is 0 Å². The fourth-order valence-electron chi connectivity index (χ4n) is 2.49. The molecule has 0 aliphatic rings. The van der Waals surface area contributed by atoms with Gasteiger partial charge in [0, 0.05) is 6.42 Å². The first-order valence-electron chi connectivity index (χ1n) is 9.03. The monoisotopic (exact) mass is 588 g/mol. The van der Waals surface area contributed by atoms with Crippen LogP contribution in [0.1, 0.15) is 44.1 Å². The van der Waals surface area contributed by atoms with Gasteiger partial charge in [-0.05, 0) is 6.42 Å². The Balaban J connectivity index is 2.16. The number of nitrogens with one attached hydrogen (secondary N) is 2. The Morgan fingerprint density at radius 3 is 2.21 bits per heavy atom. The second-order valence-corrected chi connectivity index (χ2v) is 8.04. The van der Waals surface area contributed by atoms with E-state index in [1.54, 1.807) is 24.7 Å². The van der Waals surface area contributed by atoms with E-state index in [0.717, 1.165) is 12.8 Å². The van der Waals surface area contributed by atoms with Gasteiger partial charge in [0.1, 0.15) is 6.04 Å². The average molecular weight is 588 g/mol. The van der Waals surface area contributed by atoms with Gasteiger partial charge in [-0.3, -0.25) is 4.79 Å². The fourth-order valence-corrected chi connectivity index (χ4v) is 2.98. The molecule has 1 rings (SSSR count). The normalized spacial score (nSPS) is 11.5. The maximum atomic E-state index is 11.9. The molecule has 4 N–H and O–H groups in total. The Morgan fingerprint density at radius 1 is 0.964 bits per heavy atom. The van der Waals surface area contributed by atoms with Crippen molar-refractivity contribution >= 4 is 27.0 Å². The number of Topliss-reactive ketones (excluding diaryl/α,β-unsaturated/α-hetero) is 1. The van der Waals surface area contributed by atoms with E-state index in [2.05, 4.69) is 34.9 Å². The van der Waals surface area contributed by atoms with Gasteiger partial charge in [0.15, 0.2) is 0 Å². The third kappa shape index (κ3) is 11.0. The van der Waals surface area contributed by atoms with Crippen LogP contribution in [0.25, 0.3) is 0 Å². The minimum absolute atomic E-state index is 0.127. The van der Waals surface area contributed by atoms with E-state index in [1.807, 2.05) is 0 Å². The van der Waals surface area contributed by atoms with Crippen molar-refractivity contribution in [2.45, 2.75) is 51.0 Å². The van der Waals surface area contributed by atoms with E-state index < -0.39 is 24.0 Å². The molecule has 0 saturated carbocycles. The number of hydrogen-bond donors (Lipinski definition) is 4. The van der Waals surface area contributed by atoms with Gasteiger partial charge in [-0.2, -0.15) is 0 Å². The quantitative estimate of drug-likeness (QED) is 0.256. The first-order chi connectivity index (χ1) is 13.3. The summed E-state index contributed by atoms with van der Waals surface area (Å²) in [5.41, 5.74) is 1.21. The second kappa shape index (κ2) is 13.2. The van der Waals surface area contributed by atoms with Crippen molar-refractivity contribution in [3.63, 3.8) is 0 Å². The molecule has 0 aliphatic heterocycles. The summed E-state index contributed by atoms with van der Waals surface area (Å²) < 4.78 is 1.26. The topological polar surface area (TPSA) is 133 Å². The van der Waals surface area contributed by atoms with Crippen molar-refractivity contribution in [1.29, 1.82) is 0 Å². The number of aliphatic carboxylic acids is 2. The van der Waals surface area contributed by atoms with Crippen LogP contribution in [-0.4, -0.2) is 46.6 Å². The van der Waals surface area contributed by atoms with Crippen molar-refractivity contribution in [2.75, 3.05) is 6.54 Å². The summed E-state index contributed by atoms with van der Waals surface area (Å²) in [6.07, 6.45) is 2.38. The molecule has 8 nitrogen and oxygen atoms in total. The van der Waals surface area contributed by atoms with Gasteiger partial charge in [-0.15, -0.1) is 0 Å². The molecule has 9 heteroatoms. The summed E-state index contributed by atoms with van der Waals surface area (Å²) in [7, 11) is 0. The Bertz CT molecular complexity index is 678. The fraction of sp³-hybridized carbons (Fsp3) is 0.474. The molecule has 0 spiro atoms. The number of carbonyl (C=O) groups excluding carboxylic acids is 2. The molecule has 1 aromatic rings. The minimum atomic E-state index is -1.29. The van der Waals surface area contributed by atoms with Gasteiger partial charge in [-0.25, -0.2) is 9.59 Å². The van der Waals surface area contributed by atoms with Crippen LogP contribution in [0, 0.1) is 24.7 Å². The molecule has 0 aromatic heterocycles. The zero-order valence-electron chi connectivity index (χ0n) is 15.4. The molecule has 2 amide bonds. The molecule has 0 heterocycles. The van der Waals surface area contributed by atoms with Crippen molar-refractivity contribution in [1.82, 2.24) is 10.6 Å². The van der Waals surface area contributed by atoms with Crippen LogP contribution in [0.4, 0.5) is 4.79 Å². The van der Waals surface area contributed by atoms with Crippen molar-refractivity contribution in [3.8, 4) is 0 Å². The molecular weight excluding hydrogens is 563 g/mol. The zero-order valence-corrected chi connectivity index (χ0v) is 18.4. The molecule has 28 heavy (non-hydrogen) atoms. The Kier molecular flexibility index (Phi) is 11.3. The van der Waals surface area contributed by atoms with E-state index in [9.17, 15) is 19.2 Å². The molecule has 1 aromatic carbocycles. The zero-order chi connectivity index (χ0) is 20.9. The molecule has 0 unspecified atom stereocenters. The average Bonchev–Trinajstić information content (AvgIpc) is 2.63. The predicted molar refractivity (Wildman–Crippen MR) is 98.1 cm³/mol. The third-order valence-corrected chi connectivity index (χ3v) is 4.98. The van der Waals surface area contributed by atoms with Crippen LogP contribution < -0.4 is 13.9 Å². The Morgan fingerprint density at radius 2 is 1.61 bits per heavy atom. The number of aryl methyl sites for hydroxylation is 1. The second-order valence-electron chi connectivity index (χ2n) is 6.35. The number of hydrogen-bond acceptors (Lipinski definition) is 4. The molecule has 0 aliphatic carbocycles. The van der Waals surface area contributed by atoms with E-state index in [-0.39, 0.29) is 25.2 Å². The molecule has 0 fully saturated rings. The summed E-state index contributed by atoms with van der Waals surface area (Å²) >= 11 is 1.63. The first-order valence-corrected chi connectivity index (χ1v) is 10.5. The van der Waals surface area contributed by atoms with Crippen LogP contribution in [0.5, 0.6) is 0 Å². The maximum absolute atomic E-state index is 11.9. The van der Waals surface area contributed by atoms with Gasteiger partial charge in [0.2, 0.25) is 0 Å². The number of rotatable bonds is 13. The standard InChI is InChI=1S/C19H25AtN2O6/c20-14-8-6-13(7-9-14)3-1-4-15(23)5-2-12-21-19(28)22-16(18(26)27)10-11-17(24)25/h6-9,16H,1-5,10-12H2,(H,24,25)(H,26,27)(H2,21,22,28)/t16-/m0/s1/i20+1. The summed E-state index contributed by atoms with van der Waals surface area (Å²) in [6.45, 7) is 0.238. The number of urea groups is 1. The molecule has 0 saturated heterocycles. The summed E-state index contributed by atoms with van der Waals surface area (Å²) in [5.74, 6) is -2.29. The van der Waals surface area contributed by atoms with Crippen LogP contribution in [0.3, 0.4) is 0 Å². The number of ketones is 1. The smallest absolute Gasteiger partial charge is 0.326 e. The van der Waals surface area contributed by atoms with E-state index in [4.69, 9.17) is 10.2 Å². The number of carbonyl (C=O) groups is 4. The number of carboxylic acid groups (broad SMARTS) is 2. The molecular formula is C19H25AtN2O6. The first kappa shape index (κ1) is 24.0. The van der Waals surface area contributed by atoms with Crippen LogP contribution in [-0.2, 0) is 20.8 Å². The third-order valence-electron chi connectivity index (χ3n) is 4.00.